The molecule has 0 aliphatic rings. The van der Waals surface area contributed by atoms with Gasteiger partial charge in [0.25, 0.3) is 0 Å². The van der Waals surface area contributed by atoms with Crippen LogP contribution in [0.1, 0.15) is 22.8 Å². The topological polar surface area (TPSA) is 20.3 Å². The highest BCUT2D eigenvalue weighted by Gasteiger charge is 2.19. The van der Waals surface area contributed by atoms with Gasteiger partial charge < -0.3 is 0 Å². The minimum absolute atomic E-state index is 0. The van der Waals surface area contributed by atoms with E-state index in [2.05, 4.69) is 0 Å². The van der Waals surface area contributed by atoms with E-state index in [1.807, 2.05) is 73.5 Å². The Morgan fingerprint density at radius 2 is 1.67 bits per heavy atom. The number of hydrogen-bond donors (Lipinski definition) is 0. The van der Waals surface area contributed by atoms with E-state index in [9.17, 15) is 4.79 Å². The van der Waals surface area contributed by atoms with Crippen molar-refractivity contribution in [3.8, 4) is 0 Å². The summed E-state index contributed by atoms with van der Waals surface area (Å²) in [5, 5.41) is 0.735. The monoisotopic (exact) mass is 323 g/mol. The van der Waals surface area contributed by atoms with E-state index in [-0.39, 0.29) is 24.2 Å². The first-order chi connectivity index (χ1) is 9.59. The van der Waals surface area contributed by atoms with Crippen molar-refractivity contribution in [2.75, 3.05) is 7.05 Å². The van der Waals surface area contributed by atoms with Crippen LogP contribution >= 0.6 is 24.0 Å². The third-order valence-corrected chi connectivity index (χ3v) is 3.85. The number of benzene rings is 2. The van der Waals surface area contributed by atoms with Crippen molar-refractivity contribution in [1.29, 1.82) is 0 Å². The Hall–Kier alpha value is -1.35. The number of nitrogens with zero attached hydrogens (tertiary/aromatic N) is 1. The normalized spacial score (nSPS) is 11.8. The lowest BCUT2D eigenvalue weighted by molar-refractivity contribution is 0.0862. The Bertz CT molecular complexity index is 586. The summed E-state index contributed by atoms with van der Waals surface area (Å²) in [6.45, 7) is 2.57. The zero-order chi connectivity index (χ0) is 14.5. The van der Waals surface area contributed by atoms with E-state index >= 15 is 0 Å². The summed E-state index contributed by atoms with van der Waals surface area (Å²) in [6, 6.07) is 16.9. The molecule has 0 saturated carbocycles. The maximum atomic E-state index is 12.4. The van der Waals surface area contributed by atoms with Crippen LogP contribution in [0.3, 0.4) is 0 Å². The average molecular weight is 324 g/mol. The fourth-order valence-corrected chi connectivity index (χ4v) is 2.27. The first-order valence-electron chi connectivity index (χ1n) is 6.62. The number of hydrogen-bond acceptors (Lipinski definition) is 2. The van der Waals surface area contributed by atoms with Crippen molar-refractivity contribution in [1.82, 2.24) is 4.90 Å². The van der Waals surface area contributed by atoms with Gasteiger partial charge in [-0.15, -0.1) is 12.4 Å². The van der Waals surface area contributed by atoms with Crippen LogP contribution in [0.5, 0.6) is 0 Å². The maximum absolute atomic E-state index is 12.4. The number of carbonyl (C=O) groups is 1. The lowest BCUT2D eigenvalue weighted by atomic mass is 10.0. The van der Waals surface area contributed by atoms with Crippen molar-refractivity contribution >= 4 is 29.8 Å². The molecular formula is C17H19Cl2NO. The van der Waals surface area contributed by atoms with Gasteiger partial charge in [0.05, 0.1) is 6.04 Å². The third-order valence-electron chi connectivity index (χ3n) is 3.48. The van der Waals surface area contributed by atoms with Gasteiger partial charge in [-0.3, -0.25) is 9.69 Å². The molecule has 21 heavy (non-hydrogen) atoms. The fourth-order valence-electron chi connectivity index (χ4n) is 2.08. The Morgan fingerprint density at radius 1 is 1.10 bits per heavy atom. The van der Waals surface area contributed by atoms with Gasteiger partial charge in [0.2, 0.25) is 0 Å². The molecule has 0 radical (unpaired) electrons. The summed E-state index contributed by atoms with van der Waals surface area (Å²) in [6.07, 6.45) is 0. The molecule has 0 spiro atoms. The molecule has 0 heterocycles. The number of ketones is 1. The number of carbonyl (C=O) groups excluding carboxylic acids is 1. The van der Waals surface area contributed by atoms with Crippen molar-refractivity contribution in [3.63, 3.8) is 0 Å². The van der Waals surface area contributed by atoms with Gasteiger partial charge >= 0.3 is 0 Å². The molecule has 2 nitrogen and oxygen atoms in total. The predicted molar refractivity (Wildman–Crippen MR) is 90.4 cm³/mol. The summed E-state index contributed by atoms with van der Waals surface area (Å²) in [5.74, 6) is 0.125. The summed E-state index contributed by atoms with van der Waals surface area (Å²) in [7, 11) is 1.94. The second-order valence-electron chi connectivity index (χ2n) is 4.91. The van der Waals surface area contributed by atoms with Crippen LogP contribution in [0.4, 0.5) is 0 Å². The zero-order valence-electron chi connectivity index (χ0n) is 12.1. The number of halogens is 2. The molecule has 0 aliphatic heterocycles. The highest BCUT2D eigenvalue weighted by atomic mass is 35.5. The van der Waals surface area contributed by atoms with Gasteiger partial charge in [0.1, 0.15) is 0 Å². The van der Waals surface area contributed by atoms with E-state index in [1.165, 1.54) is 0 Å². The highest BCUT2D eigenvalue weighted by Crippen LogP contribution is 2.18. The molecule has 0 saturated heterocycles. The van der Waals surface area contributed by atoms with Crippen molar-refractivity contribution in [3.05, 3.63) is 70.7 Å². The van der Waals surface area contributed by atoms with Gasteiger partial charge in [0.15, 0.2) is 5.78 Å². The summed E-state index contributed by atoms with van der Waals surface area (Å²) >= 11 is 6.16. The van der Waals surface area contributed by atoms with Crippen LogP contribution in [0.15, 0.2) is 54.6 Å². The summed E-state index contributed by atoms with van der Waals surface area (Å²) in [5.41, 5.74) is 1.77. The first-order valence-corrected chi connectivity index (χ1v) is 7.00. The molecule has 1 atom stereocenters. The number of likely N-dealkylation sites (N-methyl/N-ethyl adjacent to an activating group) is 1. The molecule has 4 heteroatoms. The van der Waals surface area contributed by atoms with Gasteiger partial charge in [0, 0.05) is 17.1 Å². The molecule has 2 aromatic carbocycles. The molecule has 112 valence electrons. The maximum Gasteiger partial charge on any atom is 0.179 e. The van der Waals surface area contributed by atoms with Gasteiger partial charge in [-0.05, 0) is 25.6 Å². The number of Topliss-reactive ketones (excluding diaryl/α,β-unsaturated/α-hetero) is 1. The molecule has 0 aliphatic carbocycles. The molecule has 2 rings (SSSR count). The van der Waals surface area contributed by atoms with Crippen LogP contribution < -0.4 is 0 Å². The Balaban J connectivity index is 0.00000220. The average Bonchev–Trinajstić information content (AvgIpc) is 2.49. The zero-order valence-corrected chi connectivity index (χ0v) is 13.7. The SMILES string of the molecule is CC(C(=O)c1ccccc1)N(C)Cc1ccccc1Cl.Cl. The summed E-state index contributed by atoms with van der Waals surface area (Å²) < 4.78 is 0. The lowest BCUT2D eigenvalue weighted by Crippen LogP contribution is -2.35. The van der Waals surface area contributed by atoms with Crippen molar-refractivity contribution in [2.24, 2.45) is 0 Å². The summed E-state index contributed by atoms with van der Waals surface area (Å²) in [4.78, 5) is 14.4. The first kappa shape index (κ1) is 17.7. The van der Waals surface area contributed by atoms with Gasteiger partial charge in [-0.1, -0.05) is 60.1 Å². The van der Waals surface area contributed by atoms with Gasteiger partial charge in [-0.2, -0.15) is 0 Å². The minimum Gasteiger partial charge on any atom is -0.292 e. The van der Waals surface area contributed by atoms with E-state index < -0.39 is 0 Å². The fraction of sp³-hybridized carbons (Fsp3) is 0.235. The molecule has 0 fully saturated rings. The van der Waals surface area contributed by atoms with Crippen LogP contribution in [0.2, 0.25) is 5.02 Å². The largest absolute Gasteiger partial charge is 0.292 e. The Kier molecular flexibility index (Phi) is 6.90. The highest BCUT2D eigenvalue weighted by molar-refractivity contribution is 6.31. The van der Waals surface area contributed by atoms with E-state index in [0.717, 1.165) is 16.1 Å². The second kappa shape index (κ2) is 8.18. The molecule has 0 bridgehead atoms. The predicted octanol–water partition coefficient (Wildman–Crippen LogP) is 4.47. The molecule has 1 unspecified atom stereocenters. The third kappa shape index (κ3) is 4.57. The standard InChI is InChI=1S/C17H18ClNO.ClH/c1-13(17(20)14-8-4-3-5-9-14)19(2)12-15-10-6-7-11-16(15)18;/h3-11,13H,12H2,1-2H3;1H. The van der Waals surface area contributed by atoms with E-state index in [4.69, 9.17) is 11.6 Å². The minimum atomic E-state index is -0.186. The van der Waals surface area contributed by atoms with Gasteiger partial charge in [-0.25, -0.2) is 0 Å². The Morgan fingerprint density at radius 3 is 2.29 bits per heavy atom. The van der Waals surface area contributed by atoms with Crippen LogP contribution in [0, 0.1) is 0 Å². The number of rotatable bonds is 5. The smallest absolute Gasteiger partial charge is 0.179 e. The second-order valence-corrected chi connectivity index (χ2v) is 5.32. The molecule has 0 N–H and O–H groups in total. The quantitative estimate of drug-likeness (QED) is 0.757. The lowest BCUT2D eigenvalue weighted by Gasteiger charge is -2.24. The van der Waals surface area contributed by atoms with E-state index in [0.29, 0.717) is 6.54 Å². The van der Waals surface area contributed by atoms with Crippen molar-refractivity contribution < 1.29 is 4.79 Å². The van der Waals surface area contributed by atoms with E-state index in [1.54, 1.807) is 0 Å². The molecular weight excluding hydrogens is 305 g/mol. The Labute approximate surface area is 137 Å². The molecule has 2 aromatic rings. The molecule has 0 aromatic heterocycles. The van der Waals surface area contributed by atoms with Crippen molar-refractivity contribution in [2.45, 2.75) is 19.5 Å². The van der Waals surface area contributed by atoms with Crippen LogP contribution in [-0.2, 0) is 6.54 Å². The van der Waals surface area contributed by atoms with Crippen LogP contribution in [0.25, 0.3) is 0 Å². The van der Waals surface area contributed by atoms with Crippen LogP contribution in [-0.4, -0.2) is 23.8 Å². The molecule has 0 amide bonds.